The Balaban J connectivity index is 1.92. The number of nitrogens with one attached hydrogen (secondary N) is 1. The van der Waals surface area contributed by atoms with Gasteiger partial charge in [0.05, 0.1) is 6.61 Å². The Hall–Kier alpha value is -2.04. The molecule has 1 saturated heterocycles. The summed E-state index contributed by atoms with van der Waals surface area (Å²) in [4.78, 5) is 25.5. The van der Waals surface area contributed by atoms with Gasteiger partial charge >= 0.3 is 0 Å². The summed E-state index contributed by atoms with van der Waals surface area (Å²) in [7, 11) is 0. The first-order chi connectivity index (χ1) is 11.0. The fourth-order valence-electron chi connectivity index (χ4n) is 2.89. The van der Waals surface area contributed by atoms with Crippen molar-refractivity contribution in [3.63, 3.8) is 0 Å². The van der Waals surface area contributed by atoms with Gasteiger partial charge in [0.2, 0.25) is 11.8 Å². The standard InChI is InChI=1S/C18H26N2O3/c1-4-10-23-16-8-7-15(13(2)11-16)12-19-18(22)17-6-5-9-20(17)14(3)21/h7-8,11,17H,4-6,9-10,12H2,1-3H3,(H,19,22). The molecule has 1 aromatic carbocycles. The van der Waals surface area contributed by atoms with Crippen molar-refractivity contribution >= 4 is 11.8 Å². The Kier molecular flexibility index (Phi) is 6.02. The molecule has 5 heteroatoms. The molecule has 1 fully saturated rings. The minimum atomic E-state index is -0.319. The molecule has 1 heterocycles. The highest BCUT2D eigenvalue weighted by atomic mass is 16.5. The van der Waals surface area contributed by atoms with Gasteiger partial charge in [-0.1, -0.05) is 13.0 Å². The van der Waals surface area contributed by atoms with Crippen molar-refractivity contribution in [2.24, 2.45) is 0 Å². The van der Waals surface area contributed by atoms with Crippen LogP contribution < -0.4 is 10.1 Å². The van der Waals surface area contributed by atoms with Gasteiger partial charge in [-0.15, -0.1) is 0 Å². The van der Waals surface area contributed by atoms with Crippen molar-refractivity contribution in [2.45, 2.75) is 52.6 Å². The topological polar surface area (TPSA) is 58.6 Å². The summed E-state index contributed by atoms with van der Waals surface area (Å²) in [6, 6.07) is 5.59. The maximum Gasteiger partial charge on any atom is 0.243 e. The van der Waals surface area contributed by atoms with Crippen LogP contribution in [0.25, 0.3) is 0 Å². The van der Waals surface area contributed by atoms with Crippen LogP contribution in [0.2, 0.25) is 0 Å². The van der Waals surface area contributed by atoms with E-state index >= 15 is 0 Å². The van der Waals surface area contributed by atoms with Crippen molar-refractivity contribution in [3.05, 3.63) is 29.3 Å². The average molecular weight is 318 g/mol. The SMILES string of the molecule is CCCOc1ccc(CNC(=O)C2CCCN2C(C)=O)c(C)c1. The lowest BCUT2D eigenvalue weighted by Gasteiger charge is -2.22. The lowest BCUT2D eigenvalue weighted by atomic mass is 10.1. The highest BCUT2D eigenvalue weighted by Gasteiger charge is 2.32. The van der Waals surface area contributed by atoms with Crippen LogP contribution in [0.4, 0.5) is 0 Å². The lowest BCUT2D eigenvalue weighted by Crippen LogP contribution is -2.44. The van der Waals surface area contributed by atoms with E-state index in [1.807, 2.05) is 25.1 Å². The molecular weight excluding hydrogens is 292 g/mol. The molecular formula is C18H26N2O3. The van der Waals surface area contributed by atoms with Gasteiger partial charge in [0, 0.05) is 20.0 Å². The molecule has 1 atom stereocenters. The molecule has 0 aliphatic carbocycles. The van der Waals surface area contributed by atoms with Crippen LogP contribution in [-0.4, -0.2) is 35.9 Å². The summed E-state index contributed by atoms with van der Waals surface area (Å²) < 4.78 is 5.61. The van der Waals surface area contributed by atoms with E-state index in [0.717, 1.165) is 36.1 Å². The van der Waals surface area contributed by atoms with Crippen molar-refractivity contribution in [1.82, 2.24) is 10.2 Å². The monoisotopic (exact) mass is 318 g/mol. The van der Waals surface area contributed by atoms with Gasteiger partial charge in [0.25, 0.3) is 0 Å². The summed E-state index contributed by atoms with van der Waals surface area (Å²) in [5.41, 5.74) is 2.16. The molecule has 1 aliphatic heterocycles. The molecule has 2 rings (SSSR count). The number of likely N-dealkylation sites (tertiary alicyclic amines) is 1. The van der Waals surface area contributed by atoms with Gasteiger partial charge in [0.15, 0.2) is 0 Å². The molecule has 0 radical (unpaired) electrons. The van der Waals surface area contributed by atoms with Gasteiger partial charge in [-0.25, -0.2) is 0 Å². The Morgan fingerprint density at radius 2 is 2.17 bits per heavy atom. The van der Waals surface area contributed by atoms with Crippen LogP contribution in [0.15, 0.2) is 18.2 Å². The minimum Gasteiger partial charge on any atom is -0.494 e. The predicted octanol–water partition coefficient (Wildman–Crippen LogP) is 2.41. The number of rotatable bonds is 6. The lowest BCUT2D eigenvalue weighted by molar-refractivity contribution is -0.136. The molecule has 2 amide bonds. The molecule has 0 bridgehead atoms. The van der Waals surface area contributed by atoms with E-state index in [1.165, 1.54) is 6.92 Å². The molecule has 23 heavy (non-hydrogen) atoms. The Morgan fingerprint density at radius 3 is 2.83 bits per heavy atom. The van der Waals surface area contributed by atoms with E-state index in [2.05, 4.69) is 12.2 Å². The van der Waals surface area contributed by atoms with Gasteiger partial charge in [-0.2, -0.15) is 0 Å². The number of carbonyl (C=O) groups is 2. The molecule has 1 unspecified atom stereocenters. The van der Waals surface area contributed by atoms with E-state index in [9.17, 15) is 9.59 Å². The third-order valence-electron chi connectivity index (χ3n) is 4.20. The normalized spacial score (nSPS) is 17.2. The second kappa shape index (κ2) is 7.99. The Labute approximate surface area is 138 Å². The highest BCUT2D eigenvalue weighted by Crippen LogP contribution is 2.19. The summed E-state index contributed by atoms with van der Waals surface area (Å²) in [5.74, 6) is 0.762. The number of hydrogen-bond acceptors (Lipinski definition) is 3. The summed E-state index contributed by atoms with van der Waals surface area (Å²) in [5, 5.41) is 2.96. The van der Waals surface area contributed by atoms with Crippen molar-refractivity contribution in [3.8, 4) is 5.75 Å². The van der Waals surface area contributed by atoms with Crippen molar-refractivity contribution in [2.75, 3.05) is 13.2 Å². The molecule has 0 aromatic heterocycles. The van der Waals surface area contributed by atoms with E-state index in [4.69, 9.17) is 4.74 Å². The van der Waals surface area contributed by atoms with Gasteiger partial charge in [0.1, 0.15) is 11.8 Å². The maximum atomic E-state index is 12.3. The molecule has 0 saturated carbocycles. The fourth-order valence-corrected chi connectivity index (χ4v) is 2.89. The first-order valence-electron chi connectivity index (χ1n) is 8.30. The summed E-state index contributed by atoms with van der Waals surface area (Å²) in [6.45, 7) is 7.46. The van der Waals surface area contributed by atoms with Crippen LogP contribution in [0, 0.1) is 6.92 Å². The second-order valence-corrected chi connectivity index (χ2v) is 6.02. The van der Waals surface area contributed by atoms with E-state index < -0.39 is 0 Å². The third-order valence-corrected chi connectivity index (χ3v) is 4.20. The number of amides is 2. The van der Waals surface area contributed by atoms with Crippen LogP contribution in [0.1, 0.15) is 44.2 Å². The van der Waals surface area contributed by atoms with E-state index in [1.54, 1.807) is 4.90 Å². The zero-order chi connectivity index (χ0) is 16.8. The quantitative estimate of drug-likeness (QED) is 0.876. The largest absolute Gasteiger partial charge is 0.494 e. The number of aryl methyl sites for hydroxylation is 1. The predicted molar refractivity (Wildman–Crippen MR) is 89.2 cm³/mol. The summed E-state index contributed by atoms with van der Waals surface area (Å²) in [6.07, 6.45) is 2.61. The summed E-state index contributed by atoms with van der Waals surface area (Å²) >= 11 is 0. The van der Waals surface area contributed by atoms with Crippen LogP contribution in [0.3, 0.4) is 0 Å². The van der Waals surface area contributed by atoms with Gasteiger partial charge < -0.3 is 15.0 Å². The number of carbonyl (C=O) groups excluding carboxylic acids is 2. The van der Waals surface area contributed by atoms with E-state index in [-0.39, 0.29) is 17.9 Å². The Morgan fingerprint density at radius 1 is 1.39 bits per heavy atom. The first kappa shape index (κ1) is 17.3. The molecule has 126 valence electrons. The van der Waals surface area contributed by atoms with Crippen LogP contribution >= 0.6 is 0 Å². The first-order valence-corrected chi connectivity index (χ1v) is 8.30. The molecule has 1 aromatic rings. The van der Waals surface area contributed by atoms with Gasteiger partial charge in [-0.3, -0.25) is 9.59 Å². The highest BCUT2D eigenvalue weighted by molar-refractivity contribution is 5.87. The number of benzene rings is 1. The van der Waals surface area contributed by atoms with Crippen molar-refractivity contribution in [1.29, 1.82) is 0 Å². The maximum absolute atomic E-state index is 12.3. The number of nitrogens with zero attached hydrogens (tertiary/aromatic N) is 1. The van der Waals surface area contributed by atoms with Gasteiger partial charge in [-0.05, 0) is 49.4 Å². The van der Waals surface area contributed by atoms with Crippen LogP contribution in [0.5, 0.6) is 5.75 Å². The second-order valence-electron chi connectivity index (χ2n) is 6.02. The van der Waals surface area contributed by atoms with Crippen molar-refractivity contribution < 1.29 is 14.3 Å². The zero-order valence-corrected chi connectivity index (χ0v) is 14.2. The number of hydrogen-bond donors (Lipinski definition) is 1. The fraction of sp³-hybridized carbons (Fsp3) is 0.556. The minimum absolute atomic E-state index is 0.0312. The molecule has 1 aliphatic rings. The third kappa shape index (κ3) is 4.47. The molecule has 5 nitrogen and oxygen atoms in total. The zero-order valence-electron chi connectivity index (χ0n) is 14.2. The smallest absolute Gasteiger partial charge is 0.243 e. The number of ether oxygens (including phenoxy) is 1. The van der Waals surface area contributed by atoms with Crippen LogP contribution in [-0.2, 0) is 16.1 Å². The molecule has 0 spiro atoms. The average Bonchev–Trinajstić information content (AvgIpc) is 3.01. The molecule has 1 N–H and O–H groups in total. The Bertz CT molecular complexity index is 571. The van der Waals surface area contributed by atoms with E-state index in [0.29, 0.717) is 19.7 Å².